The lowest BCUT2D eigenvalue weighted by atomic mass is 9.98. The van der Waals surface area contributed by atoms with Crippen LogP contribution in [0.1, 0.15) is 36.0 Å². The van der Waals surface area contributed by atoms with E-state index in [1.165, 1.54) is 19.2 Å². The fraction of sp³-hybridized carbons (Fsp3) is 0.467. The molecule has 0 spiro atoms. The normalized spacial score (nSPS) is 17.7. The van der Waals surface area contributed by atoms with Gasteiger partial charge in [-0.1, -0.05) is 0 Å². The molecule has 1 unspecified atom stereocenters. The Hall–Kier alpha value is -1.71. The second-order valence-electron chi connectivity index (χ2n) is 5.35. The molecule has 1 aromatic carbocycles. The van der Waals surface area contributed by atoms with Crippen LogP contribution in [0.25, 0.3) is 0 Å². The van der Waals surface area contributed by atoms with Crippen molar-refractivity contribution in [2.45, 2.75) is 31.7 Å². The summed E-state index contributed by atoms with van der Waals surface area (Å²) < 4.78 is 5.35. The Labute approximate surface area is 147 Å². The number of piperidine rings is 1. The van der Waals surface area contributed by atoms with E-state index in [4.69, 9.17) is 4.74 Å². The van der Waals surface area contributed by atoms with Crippen molar-refractivity contribution in [3.63, 3.8) is 0 Å². The van der Waals surface area contributed by atoms with Gasteiger partial charge < -0.3 is 9.64 Å². The first-order valence-corrected chi connectivity index (χ1v) is 8.33. The average molecular weight is 432 g/mol. The highest BCUT2D eigenvalue weighted by Crippen LogP contribution is 2.26. The van der Waals surface area contributed by atoms with Crippen LogP contribution in [-0.2, 0) is 9.53 Å². The van der Waals surface area contributed by atoms with E-state index in [1.807, 2.05) is 22.6 Å². The number of amides is 1. The lowest BCUT2D eigenvalue weighted by Crippen LogP contribution is -2.45. The van der Waals surface area contributed by atoms with Gasteiger partial charge in [0.25, 0.3) is 11.6 Å². The Morgan fingerprint density at radius 3 is 2.83 bits per heavy atom. The van der Waals surface area contributed by atoms with E-state index in [2.05, 4.69) is 0 Å². The largest absolute Gasteiger partial charge is 0.469 e. The number of carbonyl (C=O) groups excluding carboxylic acids is 2. The zero-order chi connectivity index (χ0) is 17.0. The molecule has 1 amide bonds. The fourth-order valence-corrected chi connectivity index (χ4v) is 3.27. The van der Waals surface area contributed by atoms with E-state index in [0.29, 0.717) is 15.7 Å². The summed E-state index contributed by atoms with van der Waals surface area (Å²) in [5.74, 6) is -0.629. The molecule has 23 heavy (non-hydrogen) atoms. The molecule has 1 saturated heterocycles. The molecule has 0 saturated carbocycles. The van der Waals surface area contributed by atoms with Crippen molar-refractivity contribution in [2.24, 2.45) is 0 Å². The third-order valence-electron chi connectivity index (χ3n) is 3.91. The second kappa shape index (κ2) is 7.71. The monoisotopic (exact) mass is 432 g/mol. The van der Waals surface area contributed by atoms with Crippen LogP contribution in [0.3, 0.4) is 0 Å². The van der Waals surface area contributed by atoms with E-state index < -0.39 is 4.92 Å². The van der Waals surface area contributed by atoms with Crippen molar-refractivity contribution >= 4 is 40.2 Å². The fourth-order valence-electron chi connectivity index (χ4n) is 2.70. The third kappa shape index (κ3) is 4.18. The molecule has 1 fully saturated rings. The Bertz CT molecular complexity index is 634. The molecule has 2 rings (SSSR count). The minimum atomic E-state index is -0.519. The molecule has 7 nitrogen and oxygen atoms in total. The van der Waals surface area contributed by atoms with Gasteiger partial charge in [0.15, 0.2) is 0 Å². The SMILES string of the molecule is COC(=O)CC1CCCCN1C(=O)c1cc([N+](=O)[O-])ccc1I. The van der Waals surface area contributed by atoms with Crippen LogP contribution in [0.4, 0.5) is 5.69 Å². The summed E-state index contributed by atoms with van der Waals surface area (Å²) in [6.45, 7) is 0.541. The summed E-state index contributed by atoms with van der Waals surface area (Å²) in [6.07, 6.45) is 2.67. The quantitative estimate of drug-likeness (QED) is 0.316. The van der Waals surface area contributed by atoms with Gasteiger partial charge in [-0.05, 0) is 47.9 Å². The van der Waals surface area contributed by atoms with Crippen LogP contribution in [0.2, 0.25) is 0 Å². The Balaban J connectivity index is 2.28. The first-order valence-electron chi connectivity index (χ1n) is 7.25. The van der Waals surface area contributed by atoms with Gasteiger partial charge in [0.05, 0.1) is 24.0 Å². The van der Waals surface area contributed by atoms with Crippen LogP contribution in [0.15, 0.2) is 18.2 Å². The van der Waals surface area contributed by atoms with Gasteiger partial charge in [0.2, 0.25) is 0 Å². The molecular formula is C15H17IN2O5. The highest BCUT2D eigenvalue weighted by molar-refractivity contribution is 14.1. The van der Waals surface area contributed by atoms with Crippen LogP contribution >= 0.6 is 22.6 Å². The molecular weight excluding hydrogens is 415 g/mol. The van der Waals surface area contributed by atoms with Crippen LogP contribution in [0, 0.1) is 13.7 Å². The predicted molar refractivity (Wildman–Crippen MR) is 91.1 cm³/mol. The number of rotatable bonds is 4. The summed E-state index contributed by atoms with van der Waals surface area (Å²) >= 11 is 1.99. The van der Waals surface area contributed by atoms with Gasteiger partial charge in [-0.15, -0.1) is 0 Å². The number of ether oxygens (including phenoxy) is 1. The molecule has 0 aromatic heterocycles. The minimum absolute atomic E-state index is 0.115. The average Bonchev–Trinajstić information content (AvgIpc) is 2.54. The lowest BCUT2D eigenvalue weighted by Gasteiger charge is -2.35. The summed E-state index contributed by atoms with van der Waals surface area (Å²) in [5, 5.41) is 10.9. The highest BCUT2D eigenvalue weighted by Gasteiger charge is 2.31. The number of hydrogen-bond donors (Lipinski definition) is 0. The molecule has 1 aliphatic heterocycles. The predicted octanol–water partition coefficient (Wildman–Crippen LogP) is 2.76. The van der Waals surface area contributed by atoms with Crippen molar-refractivity contribution < 1.29 is 19.2 Å². The zero-order valence-electron chi connectivity index (χ0n) is 12.7. The van der Waals surface area contributed by atoms with Crippen LogP contribution in [0.5, 0.6) is 0 Å². The van der Waals surface area contributed by atoms with E-state index in [9.17, 15) is 19.7 Å². The lowest BCUT2D eigenvalue weighted by molar-refractivity contribution is -0.384. The third-order valence-corrected chi connectivity index (χ3v) is 4.85. The molecule has 0 radical (unpaired) electrons. The molecule has 1 atom stereocenters. The van der Waals surface area contributed by atoms with Crippen molar-refractivity contribution in [2.75, 3.05) is 13.7 Å². The topological polar surface area (TPSA) is 89.8 Å². The van der Waals surface area contributed by atoms with Gasteiger partial charge in [-0.3, -0.25) is 19.7 Å². The number of nitrogens with zero attached hydrogens (tertiary/aromatic N) is 2. The van der Waals surface area contributed by atoms with E-state index >= 15 is 0 Å². The van der Waals surface area contributed by atoms with Crippen LogP contribution in [-0.4, -0.2) is 41.4 Å². The molecule has 0 bridgehead atoms. The van der Waals surface area contributed by atoms with E-state index in [1.54, 1.807) is 11.0 Å². The second-order valence-corrected chi connectivity index (χ2v) is 6.51. The zero-order valence-corrected chi connectivity index (χ0v) is 14.8. The Morgan fingerprint density at radius 1 is 1.43 bits per heavy atom. The highest BCUT2D eigenvalue weighted by atomic mass is 127. The Morgan fingerprint density at radius 2 is 2.17 bits per heavy atom. The summed E-state index contributed by atoms with van der Waals surface area (Å²) in [7, 11) is 1.32. The number of nitro groups is 1. The molecule has 1 aromatic rings. The van der Waals surface area contributed by atoms with Crippen molar-refractivity contribution in [3.8, 4) is 0 Å². The smallest absolute Gasteiger partial charge is 0.307 e. The molecule has 1 aliphatic rings. The number of carbonyl (C=O) groups is 2. The summed E-state index contributed by atoms with van der Waals surface area (Å²) in [5.41, 5.74) is 0.187. The van der Waals surface area contributed by atoms with Crippen molar-refractivity contribution in [3.05, 3.63) is 37.4 Å². The molecule has 8 heteroatoms. The van der Waals surface area contributed by atoms with Gasteiger partial charge in [0.1, 0.15) is 0 Å². The first kappa shape index (κ1) is 17.6. The number of nitro benzene ring substituents is 1. The molecule has 0 N–H and O–H groups in total. The maximum atomic E-state index is 12.8. The number of methoxy groups -OCH3 is 1. The molecule has 1 heterocycles. The summed E-state index contributed by atoms with van der Waals surface area (Å²) in [4.78, 5) is 36.4. The number of benzene rings is 1. The number of non-ortho nitro benzene ring substituents is 1. The minimum Gasteiger partial charge on any atom is -0.469 e. The maximum absolute atomic E-state index is 12.8. The van der Waals surface area contributed by atoms with Gasteiger partial charge >= 0.3 is 5.97 Å². The Kier molecular flexibility index (Phi) is 5.91. The van der Waals surface area contributed by atoms with E-state index in [-0.39, 0.29) is 30.0 Å². The van der Waals surface area contributed by atoms with E-state index in [0.717, 1.165) is 19.3 Å². The van der Waals surface area contributed by atoms with Crippen molar-refractivity contribution in [1.29, 1.82) is 0 Å². The van der Waals surface area contributed by atoms with Crippen LogP contribution < -0.4 is 0 Å². The van der Waals surface area contributed by atoms with Gasteiger partial charge in [-0.2, -0.15) is 0 Å². The summed E-state index contributed by atoms with van der Waals surface area (Å²) in [6, 6.07) is 4.01. The number of halogens is 1. The number of likely N-dealkylation sites (tertiary alicyclic amines) is 1. The maximum Gasteiger partial charge on any atom is 0.307 e. The van der Waals surface area contributed by atoms with Gasteiger partial charge in [-0.25, -0.2) is 0 Å². The van der Waals surface area contributed by atoms with Crippen molar-refractivity contribution in [1.82, 2.24) is 4.90 Å². The number of esters is 1. The number of hydrogen-bond acceptors (Lipinski definition) is 5. The molecule has 0 aliphatic carbocycles. The standard InChI is InChI=1S/C15H17IN2O5/c1-23-14(19)9-10-4-2-3-7-17(10)15(20)12-8-11(18(21)22)5-6-13(12)16/h5-6,8,10H,2-4,7,9H2,1H3. The van der Waals surface area contributed by atoms with Gasteiger partial charge in [0, 0.05) is 28.3 Å². The first-order chi connectivity index (χ1) is 10.9. The molecule has 124 valence electrons.